The summed E-state index contributed by atoms with van der Waals surface area (Å²) < 4.78 is 0. The van der Waals surface area contributed by atoms with Crippen LogP contribution in [0.25, 0.3) is 0 Å². The zero-order valence-corrected chi connectivity index (χ0v) is 16.8. The second-order valence-corrected chi connectivity index (χ2v) is 6.00. The van der Waals surface area contributed by atoms with E-state index in [0.29, 0.717) is 5.56 Å². The lowest BCUT2D eigenvalue weighted by molar-refractivity contribution is -0.125. The number of carbonyl (C=O) groups excluding carboxylic acids is 2. The predicted molar refractivity (Wildman–Crippen MR) is 106 cm³/mol. The standard InChI is InChI=1S/C16H22N2O2.C5H12/c1-6-11-9-12(7-2)14(13(8-3)10-11)15(19)16(20)18(5)17-4;1-3-5-4-2/h9-10H,4,6-8H2,1-3,5H3;3-5H2,1-2H3. The van der Waals surface area contributed by atoms with Gasteiger partial charge in [-0.15, -0.1) is 0 Å². The van der Waals surface area contributed by atoms with Crippen molar-refractivity contribution >= 4 is 18.4 Å². The zero-order valence-electron chi connectivity index (χ0n) is 16.8. The lowest BCUT2D eigenvalue weighted by Crippen LogP contribution is -2.30. The minimum atomic E-state index is -0.645. The molecule has 0 bridgehead atoms. The van der Waals surface area contributed by atoms with Crippen molar-refractivity contribution in [2.75, 3.05) is 7.05 Å². The third-order valence-electron chi connectivity index (χ3n) is 4.17. The third kappa shape index (κ3) is 6.81. The Labute approximate surface area is 153 Å². The number of unbranched alkanes of at least 4 members (excludes halogenated alkanes) is 2. The molecule has 0 N–H and O–H groups in total. The van der Waals surface area contributed by atoms with E-state index in [0.717, 1.165) is 35.4 Å². The van der Waals surface area contributed by atoms with Crippen molar-refractivity contribution in [3.05, 3.63) is 34.4 Å². The molecule has 0 aromatic heterocycles. The second kappa shape index (κ2) is 12.4. The Hall–Kier alpha value is -1.97. The first-order valence-electron chi connectivity index (χ1n) is 9.35. The van der Waals surface area contributed by atoms with Crippen molar-refractivity contribution in [1.82, 2.24) is 5.01 Å². The van der Waals surface area contributed by atoms with E-state index in [2.05, 4.69) is 32.6 Å². The van der Waals surface area contributed by atoms with Gasteiger partial charge in [-0.2, -0.15) is 5.10 Å². The van der Waals surface area contributed by atoms with Gasteiger partial charge in [-0.25, -0.2) is 5.01 Å². The molecule has 0 saturated heterocycles. The first-order chi connectivity index (χ1) is 11.9. The van der Waals surface area contributed by atoms with Gasteiger partial charge in [0.2, 0.25) is 0 Å². The van der Waals surface area contributed by atoms with Gasteiger partial charge in [0.1, 0.15) is 0 Å². The first kappa shape index (κ1) is 23.0. The van der Waals surface area contributed by atoms with Gasteiger partial charge < -0.3 is 0 Å². The number of benzene rings is 1. The second-order valence-electron chi connectivity index (χ2n) is 6.00. The molecule has 140 valence electrons. The molecule has 0 aliphatic carbocycles. The minimum Gasteiger partial charge on any atom is -0.283 e. The number of hydrogen-bond acceptors (Lipinski definition) is 3. The van der Waals surface area contributed by atoms with Gasteiger partial charge in [0.05, 0.1) is 0 Å². The molecule has 0 unspecified atom stereocenters. The van der Waals surface area contributed by atoms with Gasteiger partial charge in [-0.05, 0) is 36.0 Å². The van der Waals surface area contributed by atoms with E-state index in [1.54, 1.807) is 0 Å². The van der Waals surface area contributed by atoms with Crippen LogP contribution in [0.4, 0.5) is 0 Å². The number of aryl methyl sites for hydroxylation is 3. The number of carbonyl (C=O) groups is 2. The molecule has 0 atom stereocenters. The quantitative estimate of drug-likeness (QED) is 0.293. The highest BCUT2D eigenvalue weighted by Crippen LogP contribution is 2.21. The van der Waals surface area contributed by atoms with E-state index in [1.807, 2.05) is 26.0 Å². The lowest BCUT2D eigenvalue weighted by Gasteiger charge is -2.16. The fourth-order valence-electron chi connectivity index (χ4n) is 2.56. The highest BCUT2D eigenvalue weighted by Gasteiger charge is 2.25. The Balaban J connectivity index is 0.00000101. The van der Waals surface area contributed by atoms with Crippen LogP contribution in [0.2, 0.25) is 0 Å². The maximum absolute atomic E-state index is 12.4. The van der Waals surface area contributed by atoms with Crippen molar-refractivity contribution in [1.29, 1.82) is 0 Å². The minimum absolute atomic E-state index is 0.503. The number of Topliss-reactive ketones (excluding diaryl/α,β-unsaturated/α-hetero) is 1. The molecule has 0 saturated carbocycles. The summed E-state index contributed by atoms with van der Waals surface area (Å²) >= 11 is 0. The van der Waals surface area contributed by atoms with Crippen LogP contribution < -0.4 is 0 Å². The number of hydrazone groups is 1. The molecular formula is C21H34N2O2. The molecule has 0 heterocycles. The van der Waals surface area contributed by atoms with Crippen LogP contribution in [0, 0.1) is 0 Å². The maximum atomic E-state index is 12.4. The number of ketones is 1. The van der Waals surface area contributed by atoms with E-state index < -0.39 is 11.7 Å². The van der Waals surface area contributed by atoms with Crippen LogP contribution in [0.1, 0.15) is 80.9 Å². The van der Waals surface area contributed by atoms with Crippen molar-refractivity contribution in [3.63, 3.8) is 0 Å². The summed E-state index contributed by atoms with van der Waals surface area (Å²) in [6, 6.07) is 4.03. The van der Waals surface area contributed by atoms with Crippen LogP contribution in [0.3, 0.4) is 0 Å². The maximum Gasteiger partial charge on any atom is 0.314 e. The number of hydrogen-bond donors (Lipinski definition) is 0. The van der Waals surface area contributed by atoms with Gasteiger partial charge in [-0.3, -0.25) is 9.59 Å². The van der Waals surface area contributed by atoms with Crippen molar-refractivity contribution in [3.8, 4) is 0 Å². The number of likely N-dealkylation sites (N-methyl/N-ethyl adjacent to an activating group) is 1. The average molecular weight is 347 g/mol. The predicted octanol–water partition coefficient (Wildman–Crippen LogP) is 4.83. The molecule has 0 spiro atoms. The summed E-state index contributed by atoms with van der Waals surface area (Å²) in [6.07, 6.45) is 6.43. The molecule has 1 amide bonds. The van der Waals surface area contributed by atoms with E-state index in [1.165, 1.54) is 31.9 Å². The number of nitrogens with zero attached hydrogens (tertiary/aromatic N) is 2. The molecular weight excluding hydrogens is 312 g/mol. The summed E-state index contributed by atoms with van der Waals surface area (Å²) in [4.78, 5) is 24.4. The smallest absolute Gasteiger partial charge is 0.283 e. The molecule has 1 aromatic carbocycles. The molecule has 25 heavy (non-hydrogen) atoms. The first-order valence-corrected chi connectivity index (χ1v) is 9.35. The fourth-order valence-corrected chi connectivity index (χ4v) is 2.56. The summed E-state index contributed by atoms with van der Waals surface area (Å²) in [6.45, 7) is 13.8. The van der Waals surface area contributed by atoms with E-state index in [-0.39, 0.29) is 0 Å². The van der Waals surface area contributed by atoms with Gasteiger partial charge in [0, 0.05) is 19.3 Å². The molecule has 1 rings (SSSR count). The van der Waals surface area contributed by atoms with E-state index in [4.69, 9.17) is 0 Å². The Morgan fingerprint density at radius 1 is 0.960 bits per heavy atom. The van der Waals surface area contributed by atoms with E-state index >= 15 is 0 Å². The summed E-state index contributed by atoms with van der Waals surface area (Å²) in [5, 5.41) is 4.47. The molecule has 0 aliphatic heterocycles. The van der Waals surface area contributed by atoms with Gasteiger partial charge >= 0.3 is 5.91 Å². The Kier molecular flexibility index (Phi) is 11.4. The fraction of sp³-hybridized carbons (Fsp3) is 0.571. The van der Waals surface area contributed by atoms with Gasteiger partial charge in [0.15, 0.2) is 0 Å². The zero-order chi connectivity index (χ0) is 19.4. The molecule has 0 radical (unpaired) electrons. The molecule has 4 nitrogen and oxygen atoms in total. The normalized spacial score (nSPS) is 9.84. The summed E-state index contributed by atoms with van der Waals surface area (Å²) in [5.74, 6) is -1.15. The van der Waals surface area contributed by atoms with Crippen LogP contribution >= 0.6 is 0 Å². The van der Waals surface area contributed by atoms with Crippen molar-refractivity contribution in [2.45, 2.75) is 73.1 Å². The number of amides is 1. The Bertz CT molecular complexity index is 552. The Morgan fingerprint density at radius 2 is 1.44 bits per heavy atom. The van der Waals surface area contributed by atoms with Crippen LogP contribution in [0.15, 0.2) is 17.2 Å². The highest BCUT2D eigenvalue weighted by molar-refractivity contribution is 6.43. The van der Waals surface area contributed by atoms with E-state index in [9.17, 15) is 9.59 Å². The van der Waals surface area contributed by atoms with Gasteiger partial charge in [-0.1, -0.05) is 66.0 Å². The highest BCUT2D eigenvalue weighted by atomic mass is 16.2. The summed E-state index contributed by atoms with van der Waals surface area (Å²) in [5.41, 5.74) is 3.58. The largest absolute Gasteiger partial charge is 0.314 e. The molecule has 0 fully saturated rings. The van der Waals surface area contributed by atoms with Crippen LogP contribution in [0.5, 0.6) is 0 Å². The molecule has 0 aliphatic rings. The SMILES string of the molecule is C=NN(C)C(=O)C(=O)c1c(CC)cc(CC)cc1CC.CCCCC. The Morgan fingerprint density at radius 3 is 1.72 bits per heavy atom. The topological polar surface area (TPSA) is 49.7 Å². The average Bonchev–Trinajstić information content (AvgIpc) is 2.65. The lowest BCUT2D eigenvalue weighted by atomic mass is 9.91. The van der Waals surface area contributed by atoms with Crippen molar-refractivity contribution < 1.29 is 9.59 Å². The van der Waals surface area contributed by atoms with Crippen LogP contribution in [-0.4, -0.2) is 30.5 Å². The summed E-state index contributed by atoms with van der Waals surface area (Å²) in [7, 11) is 1.44. The van der Waals surface area contributed by atoms with Crippen LogP contribution in [-0.2, 0) is 24.1 Å². The third-order valence-corrected chi connectivity index (χ3v) is 4.17. The monoisotopic (exact) mass is 346 g/mol. The number of rotatable bonds is 8. The molecule has 1 aromatic rings. The molecule has 4 heteroatoms. The van der Waals surface area contributed by atoms with Crippen molar-refractivity contribution in [2.24, 2.45) is 5.10 Å². The van der Waals surface area contributed by atoms with Gasteiger partial charge in [0.25, 0.3) is 5.78 Å².